The summed E-state index contributed by atoms with van der Waals surface area (Å²) in [5.74, 6) is 1.64. The highest BCUT2D eigenvalue weighted by molar-refractivity contribution is 5.45. The molecule has 0 amide bonds. The zero-order valence-electron chi connectivity index (χ0n) is 15.7. The van der Waals surface area contributed by atoms with Crippen LogP contribution in [0.1, 0.15) is 24.8 Å². The molecule has 2 aliphatic heterocycles. The van der Waals surface area contributed by atoms with Crippen LogP contribution in [0.3, 0.4) is 0 Å². The summed E-state index contributed by atoms with van der Waals surface area (Å²) in [6.07, 6.45) is 5.09. The number of aliphatic hydroxyl groups excluding tert-OH is 2. The van der Waals surface area contributed by atoms with E-state index in [2.05, 4.69) is 39.0 Å². The average Bonchev–Trinajstić information content (AvgIpc) is 3.16. The van der Waals surface area contributed by atoms with Gasteiger partial charge >= 0.3 is 0 Å². The van der Waals surface area contributed by atoms with Crippen molar-refractivity contribution in [1.82, 2.24) is 9.97 Å². The van der Waals surface area contributed by atoms with Crippen LogP contribution in [0.2, 0.25) is 0 Å². The summed E-state index contributed by atoms with van der Waals surface area (Å²) in [7, 11) is 0. The van der Waals surface area contributed by atoms with Crippen molar-refractivity contribution in [3.05, 3.63) is 48.2 Å². The van der Waals surface area contributed by atoms with Gasteiger partial charge in [0.05, 0.1) is 6.10 Å². The second-order valence-electron chi connectivity index (χ2n) is 7.91. The first kappa shape index (κ1) is 18.2. The molecule has 0 radical (unpaired) electrons. The number of aromatic nitrogens is 2. The molecule has 0 saturated carbocycles. The smallest absolute Gasteiger partial charge is 0.227 e. The van der Waals surface area contributed by atoms with E-state index in [4.69, 9.17) is 4.98 Å². The minimum Gasteiger partial charge on any atom is -0.396 e. The molecule has 2 fully saturated rings. The fourth-order valence-corrected chi connectivity index (χ4v) is 4.22. The predicted octanol–water partition coefficient (Wildman–Crippen LogP) is 1.87. The summed E-state index contributed by atoms with van der Waals surface area (Å²) in [6.45, 7) is 3.38. The molecule has 0 aliphatic carbocycles. The Balaban J connectivity index is 1.42. The Hall–Kier alpha value is -2.18. The molecule has 0 bridgehead atoms. The largest absolute Gasteiger partial charge is 0.396 e. The van der Waals surface area contributed by atoms with Crippen molar-refractivity contribution < 1.29 is 10.2 Å². The van der Waals surface area contributed by atoms with Crippen molar-refractivity contribution in [3.63, 3.8) is 0 Å². The molecule has 144 valence electrons. The Bertz CT molecular complexity index is 747. The molecular weight excluding hydrogens is 340 g/mol. The first-order chi connectivity index (χ1) is 13.2. The first-order valence-corrected chi connectivity index (χ1v) is 9.83. The highest BCUT2D eigenvalue weighted by Crippen LogP contribution is 2.36. The minimum atomic E-state index is -0.262. The van der Waals surface area contributed by atoms with E-state index in [1.807, 2.05) is 12.1 Å². The molecule has 1 aromatic carbocycles. The second-order valence-corrected chi connectivity index (χ2v) is 7.91. The zero-order chi connectivity index (χ0) is 18.7. The van der Waals surface area contributed by atoms with Crippen LogP contribution >= 0.6 is 0 Å². The molecule has 2 aromatic rings. The fourth-order valence-electron chi connectivity index (χ4n) is 4.22. The lowest BCUT2D eigenvalue weighted by molar-refractivity contribution is 0.0959. The molecule has 2 saturated heterocycles. The van der Waals surface area contributed by atoms with Crippen molar-refractivity contribution in [2.45, 2.75) is 31.8 Å². The van der Waals surface area contributed by atoms with Gasteiger partial charge in [-0.15, -0.1) is 0 Å². The van der Waals surface area contributed by atoms with Gasteiger partial charge in [0, 0.05) is 44.4 Å². The number of piperidine rings is 1. The fraction of sp³-hybridized carbons (Fsp3) is 0.524. The van der Waals surface area contributed by atoms with Crippen LogP contribution in [-0.4, -0.2) is 59.1 Å². The Morgan fingerprint density at radius 3 is 2.48 bits per heavy atom. The highest BCUT2D eigenvalue weighted by atomic mass is 16.3. The first-order valence-electron chi connectivity index (χ1n) is 9.83. The van der Waals surface area contributed by atoms with Gasteiger partial charge in [-0.05, 0) is 37.3 Å². The molecule has 6 nitrogen and oxygen atoms in total. The highest BCUT2D eigenvalue weighted by Gasteiger charge is 2.35. The lowest BCUT2D eigenvalue weighted by atomic mass is 9.74. The van der Waals surface area contributed by atoms with Crippen molar-refractivity contribution in [1.29, 1.82) is 0 Å². The number of hydrogen-bond acceptors (Lipinski definition) is 6. The second kappa shape index (κ2) is 7.82. The molecule has 3 heterocycles. The minimum absolute atomic E-state index is 0.0610. The quantitative estimate of drug-likeness (QED) is 0.839. The number of aliphatic hydroxyl groups is 2. The van der Waals surface area contributed by atoms with Crippen LogP contribution in [0.15, 0.2) is 42.6 Å². The molecule has 2 aliphatic rings. The normalized spacial score (nSPS) is 22.2. The van der Waals surface area contributed by atoms with Crippen LogP contribution < -0.4 is 9.80 Å². The number of rotatable bonds is 5. The topological polar surface area (TPSA) is 72.7 Å². The van der Waals surface area contributed by atoms with E-state index >= 15 is 0 Å². The van der Waals surface area contributed by atoms with Gasteiger partial charge in [-0.25, -0.2) is 4.98 Å². The van der Waals surface area contributed by atoms with E-state index in [0.717, 1.165) is 57.1 Å². The Morgan fingerprint density at radius 2 is 1.81 bits per heavy atom. The summed E-state index contributed by atoms with van der Waals surface area (Å²) in [4.78, 5) is 13.5. The monoisotopic (exact) mass is 368 g/mol. The molecule has 0 spiro atoms. The Morgan fingerprint density at radius 1 is 1.04 bits per heavy atom. The number of nitrogens with zero attached hydrogens (tertiary/aromatic N) is 4. The maximum atomic E-state index is 10.1. The summed E-state index contributed by atoms with van der Waals surface area (Å²) in [5.41, 5.74) is 1.22. The molecular formula is C21H28N4O2. The number of β-amino-alcohol motifs (C(OH)–C–C–N with tert-alkyl or cyclic N) is 1. The van der Waals surface area contributed by atoms with E-state index in [1.165, 1.54) is 5.56 Å². The number of hydrogen-bond donors (Lipinski definition) is 2. The van der Waals surface area contributed by atoms with Gasteiger partial charge in [-0.1, -0.05) is 30.3 Å². The van der Waals surface area contributed by atoms with Crippen LogP contribution in [-0.2, 0) is 6.42 Å². The zero-order valence-corrected chi connectivity index (χ0v) is 15.7. The maximum Gasteiger partial charge on any atom is 0.227 e. The lowest BCUT2D eigenvalue weighted by Crippen LogP contribution is -2.44. The summed E-state index contributed by atoms with van der Waals surface area (Å²) in [6, 6.07) is 12.3. The van der Waals surface area contributed by atoms with Gasteiger partial charge in [0.2, 0.25) is 5.95 Å². The van der Waals surface area contributed by atoms with Gasteiger partial charge in [0.25, 0.3) is 0 Å². The van der Waals surface area contributed by atoms with Crippen molar-refractivity contribution in [3.8, 4) is 0 Å². The number of anilines is 2. The van der Waals surface area contributed by atoms with Crippen LogP contribution in [0.5, 0.6) is 0 Å². The van der Waals surface area contributed by atoms with E-state index in [9.17, 15) is 10.2 Å². The van der Waals surface area contributed by atoms with Crippen molar-refractivity contribution in [2.24, 2.45) is 5.41 Å². The van der Waals surface area contributed by atoms with Gasteiger partial charge < -0.3 is 20.0 Å². The van der Waals surface area contributed by atoms with Gasteiger partial charge in [0.1, 0.15) is 5.82 Å². The van der Waals surface area contributed by atoms with Crippen LogP contribution in [0.4, 0.5) is 11.8 Å². The SMILES string of the molecule is OCC1(Cc2ccccc2)CCN(c2nccc(N3CC[C@H](O)C3)n2)CC1. The Labute approximate surface area is 160 Å². The standard InChI is InChI=1S/C21H28N4O2/c26-16-21(14-17-4-2-1-3-5-17)8-12-24(13-9-21)20-22-10-6-19(23-20)25-11-7-18(27)15-25/h1-6,10,18,26-27H,7-9,11-16H2/t18-/m0/s1. The third-order valence-corrected chi connectivity index (χ3v) is 5.98. The van der Waals surface area contributed by atoms with E-state index < -0.39 is 0 Å². The number of benzene rings is 1. The third kappa shape index (κ3) is 4.06. The maximum absolute atomic E-state index is 10.1. The van der Waals surface area contributed by atoms with Crippen LogP contribution in [0, 0.1) is 5.41 Å². The van der Waals surface area contributed by atoms with Crippen molar-refractivity contribution >= 4 is 11.8 Å². The molecule has 0 unspecified atom stereocenters. The molecule has 2 N–H and O–H groups in total. The Kier molecular flexibility index (Phi) is 5.27. The van der Waals surface area contributed by atoms with Gasteiger partial charge in [0.15, 0.2) is 0 Å². The molecule has 1 atom stereocenters. The van der Waals surface area contributed by atoms with Crippen molar-refractivity contribution in [2.75, 3.05) is 42.6 Å². The van der Waals surface area contributed by atoms with E-state index in [1.54, 1.807) is 6.20 Å². The molecule has 27 heavy (non-hydrogen) atoms. The summed E-state index contributed by atoms with van der Waals surface area (Å²) >= 11 is 0. The third-order valence-electron chi connectivity index (χ3n) is 5.98. The van der Waals surface area contributed by atoms with Gasteiger partial charge in [-0.3, -0.25) is 0 Å². The summed E-state index contributed by atoms with van der Waals surface area (Å²) < 4.78 is 0. The lowest BCUT2D eigenvalue weighted by Gasteiger charge is -2.41. The molecule has 1 aromatic heterocycles. The average molecular weight is 368 g/mol. The van der Waals surface area contributed by atoms with E-state index in [-0.39, 0.29) is 18.1 Å². The van der Waals surface area contributed by atoms with Crippen LogP contribution in [0.25, 0.3) is 0 Å². The summed E-state index contributed by atoms with van der Waals surface area (Å²) in [5, 5.41) is 19.9. The molecule has 4 rings (SSSR count). The van der Waals surface area contributed by atoms with E-state index in [0.29, 0.717) is 6.54 Å². The van der Waals surface area contributed by atoms with Gasteiger partial charge in [-0.2, -0.15) is 4.98 Å². The predicted molar refractivity (Wildman–Crippen MR) is 106 cm³/mol. The molecule has 6 heteroatoms.